The number of nitrogens with zero attached hydrogens (tertiary/aromatic N) is 6. The van der Waals surface area contributed by atoms with Crippen LogP contribution in [-0.4, -0.2) is 51.2 Å². The van der Waals surface area contributed by atoms with E-state index < -0.39 is 10.0 Å². The van der Waals surface area contributed by atoms with Gasteiger partial charge in [0.05, 0.1) is 21.7 Å². The number of halogens is 1. The molecule has 4 aromatic rings. The Morgan fingerprint density at radius 1 is 1.16 bits per heavy atom. The second kappa shape index (κ2) is 8.74. The molecular formula is C20H22ClN7O2S2. The van der Waals surface area contributed by atoms with Gasteiger partial charge in [0.2, 0.25) is 15.2 Å². The molecule has 32 heavy (non-hydrogen) atoms. The van der Waals surface area contributed by atoms with Crippen molar-refractivity contribution in [3.8, 4) is 11.4 Å². The number of aromatic nitrogens is 5. The highest BCUT2D eigenvalue weighted by atomic mass is 35.5. The van der Waals surface area contributed by atoms with Crippen molar-refractivity contribution >= 4 is 44.4 Å². The lowest BCUT2D eigenvalue weighted by atomic mass is 10.2. The molecular weight excluding hydrogens is 470 g/mol. The number of hydrogen-bond donors (Lipinski definition) is 1. The molecule has 0 amide bonds. The quantitative estimate of drug-likeness (QED) is 0.312. The average molecular weight is 492 g/mol. The molecule has 0 aliphatic rings. The molecule has 0 aliphatic heterocycles. The smallest absolute Gasteiger partial charge is 0.242 e. The van der Waals surface area contributed by atoms with Crippen molar-refractivity contribution in [2.24, 2.45) is 0 Å². The van der Waals surface area contributed by atoms with Crippen LogP contribution in [0.3, 0.4) is 0 Å². The summed E-state index contributed by atoms with van der Waals surface area (Å²) in [4.78, 5) is 4.89. The number of sulfonamides is 1. The third-order valence-electron chi connectivity index (χ3n) is 4.97. The Bertz CT molecular complexity index is 1400. The fourth-order valence-electron chi connectivity index (χ4n) is 3.32. The summed E-state index contributed by atoms with van der Waals surface area (Å²) in [5, 5.41) is 9.51. The summed E-state index contributed by atoms with van der Waals surface area (Å²) in [6.45, 7) is 2.71. The van der Waals surface area contributed by atoms with E-state index in [1.54, 1.807) is 30.3 Å². The molecule has 2 aromatic carbocycles. The Kier molecular flexibility index (Phi) is 6.17. The van der Waals surface area contributed by atoms with Crippen molar-refractivity contribution in [1.29, 1.82) is 0 Å². The van der Waals surface area contributed by atoms with Crippen molar-refractivity contribution in [1.82, 2.24) is 28.7 Å². The fraction of sp³-hybridized carbons (Fsp3) is 0.250. The summed E-state index contributed by atoms with van der Waals surface area (Å²) >= 11 is 7.47. The Labute approximate surface area is 195 Å². The number of thioether (sulfide) groups is 1. The van der Waals surface area contributed by atoms with E-state index in [0.29, 0.717) is 33.8 Å². The Hall–Kier alpha value is -2.60. The van der Waals surface area contributed by atoms with E-state index in [0.717, 1.165) is 16.9 Å². The average Bonchev–Trinajstić information content (AvgIpc) is 3.30. The molecule has 0 radical (unpaired) electrons. The minimum Gasteiger partial charge on any atom is -0.335 e. The highest BCUT2D eigenvalue weighted by Gasteiger charge is 2.20. The van der Waals surface area contributed by atoms with Crippen LogP contribution >= 0.6 is 23.4 Å². The molecule has 12 heteroatoms. The Balaban J connectivity index is 1.62. The summed E-state index contributed by atoms with van der Waals surface area (Å²) in [6, 6.07) is 12.3. The third kappa shape index (κ3) is 4.08. The number of aryl methyl sites for hydroxylation is 1. The first-order chi connectivity index (χ1) is 15.2. The molecule has 168 valence electrons. The van der Waals surface area contributed by atoms with E-state index in [1.807, 2.05) is 23.6 Å². The van der Waals surface area contributed by atoms with Crippen LogP contribution in [0.15, 0.2) is 52.5 Å². The lowest BCUT2D eigenvalue weighted by molar-refractivity contribution is 0.521. The molecule has 2 heterocycles. The molecule has 0 fully saturated rings. The Morgan fingerprint density at radius 2 is 1.94 bits per heavy atom. The van der Waals surface area contributed by atoms with Crippen LogP contribution in [0.4, 0.5) is 0 Å². The molecule has 0 unspecified atom stereocenters. The van der Waals surface area contributed by atoms with Gasteiger partial charge in [-0.25, -0.2) is 22.4 Å². The first-order valence-electron chi connectivity index (χ1n) is 9.73. The summed E-state index contributed by atoms with van der Waals surface area (Å²) in [5.41, 5.74) is 2.27. The monoisotopic (exact) mass is 491 g/mol. The second-order valence-electron chi connectivity index (χ2n) is 7.19. The van der Waals surface area contributed by atoms with Gasteiger partial charge >= 0.3 is 0 Å². The largest absolute Gasteiger partial charge is 0.335 e. The number of imidazole rings is 1. The van der Waals surface area contributed by atoms with Gasteiger partial charge in [0.1, 0.15) is 5.82 Å². The topological polar surface area (TPSA) is 112 Å². The van der Waals surface area contributed by atoms with Crippen molar-refractivity contribution in [3.05, 3.63) is 53.3 Å². The van der Waals surface area contributed by atoms with Gasteiger partial charge in [-0.15, -0.1) is 10.2 Å². The highest BCUT2D eigenvalue weighted by molar-refractivity contribution is 7.98. The van der Waals surface area contributed by atoms with Gasteiger partial charge in [-0.1, -0.05) is 35.5 Å². The summed E-state index contributed by atoms with van der Waals surface area (Å²) in [6.07, 6.45) is 0. The molecule has 0 bridgehead atoms. The van der Waals surface area contributed by atoms with E-state index in [1.165, 1.54) is 34.8 Å². The van der Waals surface area contributed by atoms with Crippen LogP contribution < -0.4 is 5.84 Å². The van der Waals surface area contributed by atoms with E-state index in [4.69, 9.17) is 17.4 Å². The number of nitrogen functional groups attached to an aromatic ring is 1. The fourth-order valence-corrected chi connectivity index (χ4v) is 5.24. The van der Waals surface area contributed by atoms with Gasteiger partial charge in [-0.3, -0.25) is 0 Å². The summed E-state index contributed by atoms with van der Waals surface area (Å²) < 4.78 is 29.6. The van der Waals surface area contributed by atoms with Gasteiger partial charge in [0.25, 0.3) is 0 Å². The lowest BCUT2D eigenvalue weighted by Crippen LogP contribution is -2.22. The van der Waals surface area contributed by atoms with Gasteiger partial charge < -0.3 is 10.4 Å². The normalized spacial score (nSPS) is 12.2. The molecule has 0 saturated carbocycles. The maximum atomic E-state index is 12.5. The van der Waals surface area contributed by atoms with Crippen LogP contribution in [-0.2, 0) is 22.3 Å². The van der Waals surface area contributed by atoms with Gasteiger partial charge in [-0.2, -0.15) is 0 Å². The number of fused-ring (bicyclic) bond motifs is 1. The van der Waals surface area contributed by atoms with Gasteiger partial charge in [-0.05, 0) is 37.3 Å². The van der Waals surface area contributed by atoms with Crippen LogP contribution in [0.1, 0.15) is 12.7 Å². The first kappa shape index (κ1) is 22.6. The third-order valence-corrected chi connectivity index (χ3v) is 7.96. The van der Waals surface area contributed by atoms with Gasteiger partial charge in [0.15, 0.2) is 5.82 Å². The number of benzene rings is 2. The van der Waals surface area contributed by atoms with Crippen LogP contribution in [0.25, 0.3) is 22.4 Å². The molecule has 0 saturated heterocycles. The standard InChI is InChI=1S/C20H22ClN7O2S2/c1-4-27-17-9-8-15(32(29,30)26(2)3)11-16(17)23-18(27)12-31-20-25-24-19(28(20)22)13-6-5-7-14(21)10-13/h5-11H,4,12,22H2,1-3H3. The minimum atomic E-state index is -3.53. The Morgan fingerprint density at radius 3 is 2.62 bits per heavy atom. The molecule has 9 nitrogen and oxygen atoms in total. The first-order valence-corrected chi connectivity index (χ1v) is 12.5. The van der Waals surface area contributed by atoms with Crippen LogP contribution in [0.2, 0.25) is 5.02 Å². The van der Waals surface area contributed by atoms with Crippen LogP contribution in [0.5, 0.6) is 0 Å². The number of rotatable bonds is 7. The van der Waals surface area contributed by atoms with Crippen LogP contribution in [0, 0.1) is 0 Å². The van der Waals surface area contributed by atoms with Gasteiger partial charge in [0, 0.05) is 31.2 Å². The zero-order chi connectivity index (χ0) is 23.0. The zero-order valence-electron chi connectivity index (χ0n) is 17.7. The number of hydrogen-bond acceptors (Lipinski definition) is 7. The molecule has 0 atom stereocenters. The maximum Gasteiger partial charge on any atom is 0.242 e. The van der Waals surface area contributed by atoms with Crippen molar-refractivity contribution in [2.75, 3.05) is 19.9 Å². The number of nitrogens with two attached hydrogens (primary N) is 1. The SMILES string of the molecule is CCn1c(CSc2nnc(-c3cccc(Cl)c3)n2N)nc2cc(S(=O)(=O)N(C)C)ccc21. The molecule has 0 aliphatic carbocycles. The second-order valence-corrected chi connectivity index (χ2v) is 10.7. The minimum absolute atomic E-state index is 0.211. The zero-order valence-corrected chi connectivity index (χ0v) is 20.1. The molecule has 2 N–H and O–H groups in total. The maximum absolute atomic E-state index is 12.5. The van der Waals surface area contributed by atoms with Crippen molar-refractivity contribution < 1.29 is 8.42 Å². The van der Waals surface area contributed by atoms with E-state index in [9.17, 15) is 8.42 Å². The summed E-state index contributed by atoms with van der Waals surface area (Å²) in [5.74, 6) is 8.01. The lowest BCUT2D eigenvalue weighted by Gasteiger charge is -2.11. The predicted molar refractivity (Wildman–Crippen MR) is 126 cm³/mol. The summed E-state index contributed by atoms with van der Waals surface area (Å²) in [7, 11) is -0.521. The van der Waals surface area contributed by atoms with E-state index >= 15 is 0 Å². The van der Waals surface area contributed by atoms with E-state index in [-0.39, 0.29) is 4.90 Å². The highest BCUT2D eigenvalue weighted by Crippen LogP contribution is 2.28. The van der Waals surface area contributed by atoms with E-state index in [2.05, 4.69) is 15.2 Å². The van der Waals surface area contributed by atoms with Crippen molar-refractivity contribution in [2.45, 2.75) is 29.3 Å². The molecule has 4 rings (SSSR count). The molecule has 0 spiro atoms. The molecule has 2 aromatic heterocycles. The predicted octanol–water partition coefficient (Wildman–Crippen LogP) is 3.22. The van der Waals surface area contributed by atoms with Crippen molar-refractivity contribution in [3.63, 3.8) is 0 Å².